The lowest BCUT2D eigenvalue weighted by molar-refractivity contribution is 0.171. The van der Waals surface area contributed by atoms with Crippen molar-refractivity contribution in [2.45, 2.75) is 26.8 Å². The summed E-state index contributed by atoms with van der Waals surface area (Å²) in [6.07, 6.45) is 0. The van der Waals surface area contributed by atoms with Gasteiger partial charge in [0.05, 0.1) is 0 Å². The summed E-state index contributed by atoms with van der Waals surface area (Å²) in [7, 11) is 0. The van der Waals surface area contributed by atoms with Crippen molar-refractivity contribution in [1.82, 2.24) is 10.2 Å². The molecule has 4 nitrogen and oxygen atoms in total. The molecule has 1 aliphatic heterocycles. The maximum Gasteiger partial charge on any atom is 0.161 e. The van der Waals surface area contributed by atoms with E-state index >= 15 is 0 Å². The first-order valence-electron chi connectivity index (χ1n) is 7.63. The Morgan fingerprint density at radius 2 is 1.80 bits per heavy atom. The first kappa shape index (κ1) is 15.1. The van der Waals surface area contributed by atoms with E-state index in [1.165, 1.54) is 5.56 Å². The molecule has 0 spiro atoms. The Hall–Kier alpha value is -1.26. The molecule has 0 fully saturated rings. The zero-order chi connectivity index (χ0) is 14.4. The van der Waals surface area contributed by atoms with Gasteiger partial charge < -0.3 is 19.7 Å². The van der Waals surface area contributed by atoms with Crippen molar-refractivity contribution >= 4 is 0 Å². The molecular weight excluding hydrogens is 252 g/mol. The smallest absolute Gasteiger partial charge is 0.161 e. The molecule has 0 aliphatic carbocycles. The van der Waals surface area contributed by atoms with E-state index in [1.807, 2.05) is 6.07 Å². The van der Waals surface area contributed by atoms with Crippen LogP contribution in [0.4, 0.5) is 0 Å². The Morgan fingerprint density at radius 3 is 2.45 bits per heavy atom. The van der Waals surface area contributed by atoms with Crippen LogP contribution in [0.2, 0.25) is 0 Å². The molecule has 0 saturated carbocycles. The van der Waals surface area contributed by atoms with E-state index in [0.717, 1.165) is 37.7 Å². The average Bonchev–Trinajstić information content (AvgIpc) is 2.51. The molecule has 20 heavy (non-hydrogen) atoms. The summed E-state index contributed by atoms with van der Waals surface area (Å²) < 4.78 is 11.3. The van der Waals surface area contributed by atoms with Crippen LogP contribution in [0.25, 0.3) is 0 Å². The SMILES string of the molecule is CCNC(CN(CC)CC)c1ccc2c(c1)OCCO2. The molecule has 1 atom stereocenters. The summed E-state index contributed by atoms with van der Waals surface area (Å²) in [6, 6.07) is 6.61. The molecule has 1 unspecified atom stereocenters. The molecule has 4 heteroatoms. The summed E-state index contributed by atoms with van der Waals surface area (Å²) in [5, 5.41) is 3.57. The number of hydrogen-bond donors (Lipinski definition) is 1. The minimum Gasteiger partial charge on any atom is -0.486 e. The van der Waals surface area contributed by atoms with Crippen LogP contribution in [0.15, 0.2) is 18.2 Å². The van der Waals surface area contributed by atoms with E-state index in [-0.39, 0.29) is 0 Å². The lowest BCUT2D eigenvalue weighted by Gasteiger charge is -2.27. The second-order valence-corrected chi connectivity index (χ2v) is 5.00. The predicted molar refractivity (Wildman–Crippen MR) is 81.6 cm³/mol. The molecule has 0 amide bonds. The Kier molecular flexibility index (Phi) is 5.68. The molecule has 112 valence electrons. The van der Waals surface area contributed by atoms with Crippen molar-refractivity contribution in [2.24, 2.45) is 0 Å². The quantitative estimate of drug-likeness (QED) is 0.830. The second kappa shape index (κ2) is 7.50. The third-order valence-corrected chi connectivity index (χ3v) is 3.75. The minimum absolute atomic E-state index is 0.329. The van der Waals surface area contributed by atoms with E-state index in [0.29, 0.717) is 19.3 Å². The molecule has 0 saturated heterocycles. The monoisotopic (exact) mass is 278 g/mol. The van der Waals surface area contributed by atoms with Gasteiger partial charge in [0.2, 0.25) is 0 Å². The Labute approximate surface area is 122 Å². The first-order valence-corrected chi connectivity index (χ1v) is 7.63. The summed E-state index contributed by atoms with van der Waals surface area (Å²) in [5.74, 6) is 1.73. The van der Waals surface area contributed by atoms with Gasteiger partial charge in [-0.05, 0) is 37.3 Å². The topological polar surface area (TPSA) is 33.7 Å². The second-order valence-electron chi connectivity index (χ2n) is 5.00. The fourth-order valence-corrected chi connectivity index (χ4v) is 2.55. The van der Waals surface area contributed by atoms with Crippen LogP contribution in [0, 0.1) is 0 Å². The zero-order valence-corrected chi connectivity index (χ0v) is 12.8. The van der Waals surface area contributed by atoms with Crippen LogP contribution in [0.3, 0.4) is 0 Å². The summed E-state index contributed by atoms with van der Waals surface area (Å²) >= 11 is 0. The Balaban J connectivity index is 2.15. The standard InChI is InChI=1S/C16H26N2O2/c1-4-17-14(12-18(5-2)6-3)13-7-8-15-16(11-13)20-10-9-19-15/h7-8,11,14,17H,4-6,9-10,12H2,1-3H3. The highest BCUT2D eigenvalue weighted by Crippen LogP contribution is 2.32. The number of nitrogens with one attached hydrogen (secondary N) is 1. The number of fused-ring (bicyclic) bond motifs is 1. The van der Waals surface area contributed by atoms with E-state index in [4.69, 9.17) is 9.47 Å². The van der Waals surface area contributed by atoms with Gasteiger partial charge in [-0.25, -0.2) is 0 Å². The summed E-state index contributed by atoms with van der Waals surface area (Å²) in [4.78, 5) is 2.43. The molecule has 1 aromatic rings. The van der Waals surface area contributed by atoms with Crippen LogP contribution in [-0.4, -0.2) is 44.3 Å². The molecule has 0 radical (unpaired) electrons. The Bertz CT molecular complexity index is 419. The Morgan fingerprint density at radius 1 is 1.10 bits per heavy atom. The van der Waals surface area contributed by atoms with Gasteiger partial charge in [-0.3, -0.25) is 0 Å². The summed E-state index contributed by atoms with van der Waals surface area (Å²) in [6.45, 7) is 12.0. The van der Waals surface area contributed by atoms with E-state index < -0.39 is 0 Å². The normalized spacial score (nSPS) is 15.4. The largest absolute Gasteiger partial charge is 0.486 e. The zero-order valence-electron chi connectivity index (χ0n) is 12.8. The van der Waals surface area contributed by atoms with Crippen molar-refractivity contribution in [3.05, 3.63) is 23.8 Å². The maximum absolute atomic E-state index is 5.68. The third kappa shape index (κ3) is 3.64. The van der Waals surface area contributed by atoms with E-state index in [9.17, 15) is 0 Å². The van der Waals surface area contributed by atoms with Gasteiger partial charge in [0.15, 0.2) is 11.5 Å². The van der Waals surface area contributed by atoms with Crippen molar-refractivity contribution in [3.63, 3.8) is 0 Å². The van der Waals surface area contributed by atoms with Gasteiger partial charge in [0.1, 0.15) is 13.2 Å². The molecule has 1 aliphatic rings. The van der Waals surface area contributed by atoms with Crippen LogP contribution in [-0.2, 0) is 0 Å². The van der Waals surface area contributed by atoms with Crippen LogP contribution in [0.5, 0.6) is 11.5 Å². The van der Waals surface area contributed by atoms with Crippen molar-refractivity contribution in [2.75, 3.05) is 39.4 Å². The summed E-state index contributed by atoms with van der Waals surface area (Å²) in [5.41, 5.74) is 1.27. The van der Waals surface area contributed by atoms with Gasteiger partial charge in [0, 0.05) is 12.6 Å². The molecule has 2 rings (SSSR count). The number of nitrogens with zero attached hydrogens (tertiary/aromatic N) is 1. The van der Waals surface area contributed by atoms with Gasteiger partial charge in [-0.15, -0.1) is 0 Å². The van der Waals surface area contributed by atoms with E-state index in [1.54, 1.807) is 0 Å². The molecule has 1 aromatic carbocycles. The number of benzene rings is 1. The number of ether oxygens (including phenoxy) is 2. The molecule has 1 heterocycles. The van der Waals surface area contributed by atoms with Gasteiger partial charge >= 0.3 is 0 Å². The molecule has 0 bridgehead atoms. The van der Waals surface area contributed by atoms with E-state index in [2.05, 4.69) is 43.1 Å². The van der Waals surface area contributed by atoms with Gasteiger partial charge in [-0.2, -0.15) is 0 Å². The lowest BCUT2D eigenvalue weighted by atomic mass is 10.0. The highest BCUT2D eigenvalue weighted by Gasteiger charge is 2.18. The highest BCUT2D eigenvalue weighted by molar-refractivity contribution is 5.44. The first-order chi connectivity index (χ1) is 9.78. The lowest BCUT2D eigenvalue weighted by Crippen LogP contribution is -2.35. The van der Waals surface area contributed by atoms with Crippen molar-refractivity contribution in [1.29, 1.82) is 0 Å². The van der Waals surface area contributed by atoms with Crippen LogP contribution < -0.4 is 14.8 Å². The van der Waals surface area contributed by atoms with Crippen molar-refractivity contribution in [3.8, 4) is 11.5 Å². The third-order valence-electron chi connectivity index (χ3n) is 3.75. The predicted octanol–water partition coefficient (Wildman–Crippen LogP) is 2.45. The molecular formula is C16H26N2O2. The number of rotatable bonds is 7. The van der Waals surface area contributed by atoms with Crippen LogP contribution in [0.1, 0.15) is 32.4 Å². The number of hydrogen-bond acceptors (Lipinski definition) is 4. The molecule has 0 aromatic heterocycles. The average molecular weight is 278 g/mol. The fraction of sp³-hybridized carbons (Fsp3) is 0.625. The highest BCUT2D eigenvalue weighted by atomic mass is 16.6. The van der Waals surface area contributed by atoms with Crippen molar-refractivity contribution < 1.29 is 9.47 Å². The molecule has 1 N–H and O–H groups in total. The minimum atomic E-state index is 0.329. The van der Waals surface area contributed by atoms with Gasteiger partial charge in [-0.1, -0.05) is 26.8 Å². The van der Waals surface area contributed by atoms with Crippen LogP contribution >= 0.6 is 0 Å². The maximum atomic E-state index is 5.68. The number of likely N-dealkylation sites (N-methyl/N-ethyl adjacent to an activating group) is 2. The fourth-order valence-electron chi connectivity index (χ4n) is 2.55. The van der Waals surface area contributed by atoms with Gasteiger partial charge in [0.25, 0.3) is 0 Å².